The van der Waals surface area contributed by atoms with E-state index in [0.717, 1.165) is 35.7 Å². The number of likely N-dealkylation sites (N-methyl/N-ethyl adjacent to an activating group) is 1. The van der Waals surface area contributed by atoms with Gasteiger partial charge in [-0.25, -0.2) is 14.3 Å². The zero-order valence-corrected chi connectivity index (χ0v) is 24.7. The molecule has 2 saturated heterocycles. The second kappa shape index (κ2) is 11.4. The van der Waals surface area contributed by atoms with Crippen LogP contribution in [0.4, 0.5) is 10.6 Å². The minimum Gasteiger partial charge on any atom is -0.461 e. The molecule has 0 spiro atoms. The number of hydrogen-bond acceptors (Lipinski definition) is 9. The van der Waals surface area contributed by atoms with Gasteiger partial charge in [0.25, 0.3) is 0 Å². The van der Waals surface area contributed by atoms with E-state index in [9.17, 15) is 9.90 Å². The molecular weight excluding hydrogens is 534 g/mol. The standard InChI is InChI=1S/C31H39N7O4/c1-31(2,3)42-30(40)37-17-15-36(16-18-37)28-27-32-19-25(26(39)24-13-7-10-21-9-5-6-12-23(21)24)38(27)34-29(33-28)41-20-22-11-8-14-35(22)4/h5-7,9-10,12-13,19,22,26,39H,8,11,14-18,20H2,1-4H3. The van der Waals surface area contributed by atoms with Crippen LogP contribution in [0, 0.1) is 0 Å². The highest BCUT2D eigenvalue weighted by Gasteiger charge is 2.30. The fourth-order valence-electron chi connectivity index (χ4n) is 5.76. The van der Waals surface area contributed by atoms with Crippen molar-refractivity contribution in [3.63, 3.8) is 0 Å². The number of aromatic nitrogens is 4. The van der Waals surface area contributed by atoms with E-state index < -0.39 is 11.7 Å². The molecule has 4 aromatic rings. The molecule has 0 radical (unpaired) electrons. The molecule has 0 aliphatic carbocycles. The van der Waals surface area contributed by atoms with Crippen LogP contribution in [0.3, 0.4) is 0 Å². The molecule has 4 heterocycles. The maximum absolute atomic E-state index is 12.7. The average Bonchev–Trinajstić information content (AvgIpc) is 3.60. The molecule has 1 N–H and O–H groups in total. The van der Waals surface area contributed by atoms with Crippen LogP contribution in [0.5, 0.6) is 6.01 Å². The van der Waals surface area contributed by atoms with Crippen molar-refractivity contribution in [3.8, 4) is 6.01 Å². The Balaban J connectivity index is 1.33. The molecule has 42 heavy (non-hydrogen) atoms. The van der Waals surface area contributed by atoms with Crippen LogP contribution < -0.4 is 9.64 Å². The number of fused-ring (bicyclic) bond motifs is 2. The number of nitrogens with zero attached hydrogens (tertiary/aromatic N) is 7. The largest absolute Gasteiger partial charge is 0.461 e. The predicted molar refractivity (Wildman–Crippen MR) is 160 cm³/mol. The molecule has 2 aliphatic rings. The molecule has 2 aromatic carbocycles. The molecule has 222 valence electrons. The fourth-order valence-corrected chi connectivity index (χ4v) is 5.76. The Morgan fingerprint density at radius 1 is 1.07 bits per heavy atom. The topological polar surface area (TPSA) is 109 Å². The number of benzene rings is 2. The van der Waals surface area contributed by atoms with E-state index in [1.54, 1.807) is 15.6 Å². The first-order chi connectivity index (χ1) is 20.2. The van der Waals surface area contributed by atoms with E-state index in [1.165, 1.54) is 0 Å². The molecule has 2 unspecified atom stereocenters. The normalized spacial score (nSPS) is 19.0. The number of likely N-dealkylation sites (tertiary alicyclic amines) is 1. The number of amides is 1. The van der Waals surface area contributed by atoms with Gasteiger partial charge in [0.2, 0.25) is 0 Å². The summed E-state index contributed by atoms with van der Waals surface area (Å²) in [6.07, 6.45) is 2.58. The van der Waals surface area contributed by atoms with Crippen LogP contribution in [0.1, 0.15) is 51.0 Å². The summed E-state index contributed by atoms with van der Waals surface area (Å²) in [6, 6.07) is 14.4. The summed E-state index contributed by atoms with van der Waals surface area (Å²) < 4.78 is 13.4. The quantitative estimate of drug-likeness (QED) is 0.368. The smallest absolute Gasteiger partial charge is 0.410 e. The van der Waals surface area contributed by atoms with Gasteiger partial charge in [-0.2, -0.15) is 4.98 Å². The molecule has 2 atom stereocenters. The summed E-state index contributed by atoms with van der Waals surface area (Å²) in [7, 11) is 2.11. The van der Waals surface area contributed by atoms with Crippen LogP contribution in [-0.4, -0.2) is 98.6 Å². The van der Waals surface area contributed by atoms with E-state index in [1.807, 2.05) is 63.2 Å². The molecule has 2 aromatic heterocycles. The zero-order chi connectivity index (χ0) is 29.4. The van der Waals surface area contributed by atoms with E-state index in [0.29, 0.717) is 56.0 Å². The lowest BCUT2D eigenvalue weighted by molar-refractivity contribution is 0.0240. The Morgan fingerprint density at radius 2 is 1.83 bits per heavy atom. The number of aliphatic hydroxyl groups is 1. The maximum Gasteiger partial charge on any atom is 0.410 e. The number of carbonyl (C=O) groups excluding carboxylic acids is 1. The van der Waals surface area contributed by atoms with Crippen molar-refractivity contribution < 1.29 is 19.4 Å². The summed E-state index contributed by atoms with van der Waals surface area (Å²) in [4.78, 5) is 28.3. The average molecular weight is 574 g/mol. The summed E-state index contributed by atoms with van der Waals surface area (Å²) in [6.45, 7) is 9.19. The SMILES string of the molecule is CN1CCCC1COc1nc(N2CCN(C(=O)OC(C)(C)C)CC2)c2ncc(C(O)c3cccc4ccccc34)n2n1. The van der Waals surface area contributed by atoms with Gasteiger partial charge in [-0.05, 0) is 63.5 Å². The maximum atomic E-state index is 12.7. The third-order valence-corrected chi connectivity index (χ3v) is 8.06. The number of carbonyl (C=O) groups is 1. The number of hydrogen-bond donors (Lipinski definition) is 1. The van der Waals surface area contributed by atoms with E-state index in [2.05, 4.69) is 21.8 Å². The molecule has 6 rings (SSSR count). The molecule has 0 bridgehead atoms. The first-order valence-corrected chi connectivity index (χ1v) is 14.7. The third-order valence-electron chi connectivity index (χ3n) is 8.06. The van der Waals surface area contributed by atoms with Gasteiger partial charge in [0.15, 0.2) is 11.5 Å². The first-order valence-electron chi connectivity index (χ1n) is 14.7. The Labute approximate surface area is 245 Å². The van der Waals surface area contributed by atoms with Crippen molar-refractivity contribution in [2.75, 3.05) is 51.3 Å². The van der Waals surface area contributed by atoms with Crippen LogP contribution in [0.2, 0.25) is 0 Å². The van der Waals surface area contributed by atoms with E-state index >= 15 is 0 Å². The van der Waals surface area contributed by atoms with Crippen molar-refractivity contribution in [2.24, 2.45) is 0 Å². The number of anilines is 1. The third kappa shape index (κ3) is 5.71. The number of piperazine rings is 1. The Hall–Kier alpha value is -3.96. The second-order valence-electron chi connectivity index (χ2n) is 12.1. The van der Waals surface area contributed by atoms with Gasteiger partial charge < -0.3 is 29.3 Å². The molecule has 1 amide bonds. The summed E-state index contributed by atoms with van der Waals surface area (Å²) in [5.74, 6) is 0.611. The van der Waals surface area contributed by atoms with Gasteiger partial charge >= 0.3 is 12.1 Å². The highest BCUT2D eigenvalue weighted by molar-refractivity contribution is 5.86. The molecule has 2 aliphatic heterocycles. The van der Waals surface area contributed by atoms with Crippen molar-refractivity contribution in [1.29, 1.82) is 0 Å². The summed E-state index contributed by atoms with van der Waals surface area (Å²) in [5.41, 5.74) is 1.28. The number of rotatable bonds is 6. The lowest BCUT2D eigenvalue weighted by Crippen LogP contribution is -2.50. The first kappa shape index (κ1) is 28.2. The Morgan fingerprint density at radius 3 is 2.57 bits per heavy atom. The van der Waals surface area contributed by atoms with E-state index in [-0.39, 0.29) is 12.1 Å². The van der Waals surface area contributed by atoms with Crippen LogP contribution in [-0.2, 0) is 4.74 Å². The highest BCUT2D eigenvalue weighted by atomic mass is 16.6. The highest BCUT2D eigenvalue weighted by Crippen LogP contribution is 2.31. The molecule has 11 nitrogen and oxygen atoms in total. The van der Waals surface area contributed by atoms with Gasteiger partial charge in [-0.15, -0.1) is 5.10 Å². The lowest BCUT2D eigenvalue weighted by Gasteiger charge is -2.36. The molecule has 0 saturated carbocycles. The monoisotopic (exact) mass is 573 g/mol. The number of ether oxygens (including phenoxy) is 2. The van der Waals surface area contributed by atoms with Crippen LogP contribution in [0.15, 0.2) is 48.7 Å². The van der Waals surface area contributed by atoms with Gasteiger partial charge in [0.05, 0.1) is 11.9 Å². The predicted octanol–water partition coefficient (Wildman–Crippen LogP) is 3.89. The van der Waals surface area contributed by atoms with Gasteiger partial charge in [-0.3, -0.25) is 0 Å². The summed E-state index contributed by atoms with van der Waals surface area (Å²) in [5, 5.41) is 18.4. The minimum absolute atomic E-state index is 0.233. The van der Waals surface area contributed by atoms with Crippen molar-refractivity contribution in [3.05, 3.63) is 59.9 Å². The zero-order valence-electron chi connectivity index (χ0n) is 24.7. The number of aliphatic hydroxyl groups excluding tert-OH is 1. The lowest BCUT2D eigenvalue weighted by atomic mass is 9.99. The van der Waals surface area contributed by atoms with Crippen molar-refractivity contribution >= 4 is 28.3 Å². The summed E-state index contributed by atoms with van der Waals surface area (Å²) >= 11 is 0. The minimum atomic E-state index is -0.966. The van der Waals surface area contributed by atoms with Gasteiger partial charge in [0, 0.05) is 32.2 Å². The van der Waals surface area contributed by atoms with Gasteiger partial charge in [0.1, 0.15) is 18.3 Å². The Bertz CT molecular complexity index is 1570. The fraction of sp³-hybridized carbons (Fsp3) is 0.484. The van der Waals surface area contributed by atoms with Crippen LogP contribution in [0.25, 0.3) is 16.4 Å². The molecule has 11 heteroatoms. The molecular formula is C31H39N7O4. The Kier molecular flexibility index (Phi) is 7.63. The van der Waals surface area contributed by atoms with Crippen molar-refractivity contribution in [1.82, 2.24) is 29.4 Å². The van der Waals surface area contributed by atoms with Crippen LogP contribution >= 0.6 is 0 Å². The second-order valence-corrected chi connectivity index (χ2v) is 12.1. The number of imidazole rings is 1. The van der Waals surface area contributed by atoms with Crippen molar-refractivity contribution in [2.45, 2.75) is 51.4 Å². The van der Waals surface area contributed by atoms with E-state index in [4.69, 9.17) is 19.6 Å². The molecule has 2 fully saturated rings. The van der Waals surface area contributed by atoms with Gasteiger partial charge in [-0.1, -0.05) is 42.5 Å².